The summed E-state index contributed by atoms with van der Waals surface area (Å²) in [5.41, 5.74) is 0.513. The van der Waals surface area contributed by atoms with Gasteiger partial charge >= 0.3 is 0 Å². The Kier molecular flexibility index (Phi) is 3.98. The Hall–Kier alpha value is -1.08. The molecule has 0 N–H and O–H groups in total. The molecule has 0 aromatic carbocycles. The zero-order chi connectivity index (χ0) is 14.1. The minimum Gasteiger partial charge on any atom is -0.335 e. The Balaban J connectivity index is 1.55. The van der Waals surface area contributed by atoms with Crippen LogP contribution in [0.25, 0.3) is 0 Å². The van der Waals surface area contributed by atoms with Gasteiger partial charge in [0.05, 0.1) is 11.6 Å². The van der Waals surface area contributed by atoms with Gasteiger partial charge < -0.3 is 4.90 Å². The number of thiazole rings is 1. The van der Waals surface area contributed by atoms with Crippen molar-refractivity contribution in [1.29, 1.82) is 0 Å². The highest BCUT2D eigenvalue weighted by Gasteiger charge is 2.29. The first kappa shape index (κ1) is 13.9. The molecule has 4 nitrogen and oxygen atoms in total. The fraction of sp³-hybridized carbons (Fsp3) is 0.692. The van der Waals surface area contributed by atoms with Crippen molar-refractivity contribution in [3.05, 3.63) is 16.1 Å². The Morgan fingerprint density at radius 3 is 2.65 bits per heavy atom. The van der Waals surface area contributed by atoms with Crippen LogP contribution in [0.15, 0.2) is 5.38 Å². The normalized spacial score (nSPS) is 20.6. The molecule has 1 aromatic heterocycles. The number of halogens is 2. The number of hydrogen-bond acceptors (Lipinski definition) is 4. The lowest BCUT2D eigenvalue weighted by atomic mass is 10.3. The molecule has 1 saturated heterocycles. The molecule has 1 saturated carbocycles. The zero-order valence-corrected chi connectivity index (χ0v) is 11.9. The Morgan fingerprint density at radius 1 is 1.35 bits per heavy atom. The van der Waals surface area contributed by atoms with Crippen LogP contribution in [-0.2, 0) is 0 Å². The molecule has 2 fully saturated rings. The van der Waals surface area contributed by atoms with Gasteiger partial charge in [0.15, 0.2) is 0 Å². The zero-order valence-electron chi connectivity index (χ0n) is 11.1. The fourth-order valence-electron chi connectivity index (χ4n) is 2.39. The van der Waals surface area contributed by atoms with E-state index < -0.39 is 6.43 Å². The van der Waals surface area contributed by atoms with Crippen molar-refractivity contribution >= 4 is 17.2 Å². The minimum atomic E-state index is -2.31. The first-order chi connectivity index (χ1) is 9.63. The maximum atomic E-state index is 12.3. The van der Waals surface area contributed by atoms with Gasteiger partial charge in [-0.1, -0.05) is 0 Å². The van der Waals surface area contributed by atoms with E-state index in [1.807, 2.05) is 5.38 Å². The summed E-state index contributed by atoms with van der Waals surface area (Å²) in [4.78, 5) is 20.1. The number of hydrogen-bond donors (Lipinski definition) is 0. The highest BCUT2D eigenvalue weighted by Crippen LogP contribution is 2.41. The van der Waals surface area contributed by atoms with E-state index >= 15 is 0 Å². The first-order valence-electron chi connectivity index (χ1n) is 6.88. The maximum absolute atomic E-state index is 12.3. The van der Waals surface area contributed by atoms with Gasteiger partial charge in [-0.15, -0.1) is 11.3 Å². The van der Waals surface area contributed by atoms with E-state index in [1.54, 1.807) is 21.1 Å². The molecule has 0 bridgehead atoms. The predicted octanol–water partition coefficient (Wildman–Crippen LogP) is 2.04. The van der Waals surface area contributed by atoms with Gasteiger partial charge in [0.25, 0.3) is 12.3 Å². The summed E-state index contributed by atoms with van der Waals surface area (Å²) in [6, 6.07) is 0. The Morgan fingerprint density at radius 2 is 2.05 bits per heavy atom. The standard InChI is InChI=1S/C13H17F2N3OS/c14-11(15)7-17-3-5-18(6-4-17)13(19)10-8-20-12(16-10)9-1-2-9/h8-9,11H,1-7H2. The first-order valence-corrected chi connectivity index (χ1v) is 7.76. The van der Waals surface area contributed by atoms with Gasteiger partial charge in [-0.25, -0.2) is 13.8 Å². The minimum absolute atomic E-state index is 0.0650. The van der Waals surface area contributed by atoms with Crippen LogP contribution in [0.3, 0.4) is 0 Å². The molecule has 1 aliphatic carbocycles. The lowest BCUT2D eigenvalue weighted by molar-refractivity contribution is 0.0455. The van der Waals surface area contributed by atoms with Crippen LogP contribution in [-0.4, -0.2) is 59.8 Å². The number of alkyl halides is 2. The van der Waals surface area contributed by atoms with Gasteiger partial charge in [0.1, 0.15) is 5.69 Å². The molecular formula is C13H17F2N3OS. The molecule has 0 atom stereocenters. The summed E-state index contributed by atoms with van der Waals surface area (Å²) in [6.07, 6.45) is 0.0397. The molecule has 0 radical (unpaired) electrons. The summed E-state index contributed by atoms with van der Waals surface area (Å²) >= 11 is 1.55. The third-order valence-corrected chi connectivity index (χ3v) is 4.73. The smallest absolute Gasteiger partial charge is 0.273 e. The van der Waals surface area contributed by atoms with E-state index in [1.165, 1.54) is 12.8 Å². The number of nitrogens with zero attached hydrogens (tertiary/aromatic N) is 3. The Labute approximate surface area is 120 Å². The van der Waals surface area contributed by atoms with Crippen LogP contribution < -0.4 is 0 Å². The molecule has 20 heavy (non-hydrogen) atoms. The number of carbonyl (C=O) groups excluding carboxylic acids is 1. The van der Waals surface area contributed by atoms with Crippen molar-refractivity contribution in [2.75, 3.05) is 32.7 Å². The van der Waals surface area contributed by atoms with Crippen LogP contribution in [0.2, 0.25) is 0 Å². The predicted molar refractivity (Wildman–Crippen MR) is 72.4 cm³/mol. The van der Waals surface area contributed by atoms with E-state index in [0.29, 0.717) is 37.8 Å². The molecule has 2 heterocycles. The summed E-state index contributed by atoms with van der Waals surface area (Å²) < 4.78 is 24.6. The number of aromatic nitrogens is 1. The molecule has 0 unspecified atom stereocenters. The Bertz CT molecular complexity index is 482. The van der Waals surface area contributed by atoms with Gasteiger partial charge in [-0.2, -0.15) is 0 Å². The van der Waals surface area contributed by atoms with E-state index in [0.717, 1.165) is 5.01 Å². The van der Waals surface area contributed by atoms with Crippen molar-refractivity contribution in [2.45, 2.75) is 25.2 Å². The molecule has 3 rings (SSSR count). The van der Waals surface area contributed by atoms with E-state index in [4.69, 9.17) is 0 Å². The van der Waals surface area contributed by atoms with Gasteiger partial charge in [-0.3, -0.25) is 9.69 Å². The fourth-order valence-corrected chi connectivity index (χ4v) is 3.36. The quantitative estimate of drug-likeness (QED) is 0.854. The molecule has 2 aliphatic rings. The third-order valence-electron chi connectivity index (χ3n) is 3.72. The van der Waals surface area contributed by atoms with Crippen molar-refractivity contribution < 1.29 is 13.6 Å². The molecule has 1 aromatic rings. The average Bonchev–Trinajstić information content (AvgIpc) is 3.16. The van der Waals surface area contributed by atoms with Crippen molar-refractivity contribution in [2.24, 2.45) is 0 Å². The number of carbonyl (C=O) groups is 1. The maximum Gasteiger partial charge on any atom is 0.273 e. The monoisotopic (exact) mass is 301 g/mol. The molecule has 1 aliphatic heterocycles. The number of rotatable bonds is 4. The second-order valence-electron chi connectivity index (χ2n) is 5.33. The topological polar surface area (TPSA) is 36.4 Å². The molecule has 7 heteroatoms. The van der Waals surface area contributed by atoms with E-state index in [2.05, 4.69) is 4.98 Å². The van der Waals surface area contributed by atoms with Crippen LogP contribution >= 0.6 is 11.3 Å². The lowest BCUT2D eigenvalue weighted by Gasteiger charge is -2.34. The second-order valence-corrected chi connectivity index (χ2v) is 6.22. The van der Waals surface area contributed by atoms with Crippen molar-refractivity contribution in [3.8, 4) is 0 Å². The number of piperazine rings is 1. The largest absolute Gasteiger partial charge is 0.335 e. The van der Waals surface area contributed by atoms with Gasteiger partial charge in [0, 0.05) is 37.5 Å². The summed E-state index contributed by atoms with van der Waals surface area (Å²) in [7, 11) is 0. The van der Waals surface area contributed by atoms with E-state index in [9.17, 15) is 13.6 Å². The summed E-state index contributed by atoms with van der Waals surface area (Å²) in [5, 5.41) is 2.88. The van der Waals surface area contributed by atoms with Crippen LogP contribution in [0.1, 0.15) is 34.3 Å². The molecule has 1 amide bonds. The molecule has 110 valence electrons. The third kappa shape index (κ3) is 3.15. The van der Waals surface area contributed by atoms with Crippen molar-refractivity contribution in [1.82, 2.24) is 14.8 Å². The van der Waals surface area contributed by atoms with Crippen LogP contribution in [0.5, 0.6) is 0 Å². The molecule has 0 spiro atoms. The van der Waals surface area contributed by atoms with Gasteiger partial charge in [-0.05, 0) is 12.8 Å². The highest BCUT2D eigenvalue weighted by atomic mass is 32.1. The summed E-state index contributed by atoms with van der Waals surface area (Å²) in [5.74, 6) is 0.495. The lowest BCUT2D eigenvalue weighted by Crippen LogP contribution is -2.49. The van der Waals surface area contributed by atoms with Crippen molar-refractivity contribution in [3.63, 3.8) is 0 Å². The van der Waals surface area contributed by atoms with E-state index in [-0.39, 0.29) is 12.5 Å². The molecular weight excluding hydrogens is 284 g/mol. The SMILES string of the molecule is O=C(c1csc(C2CC2)n1)N1CCN(CC(F)F)CC1. The second kappa shape index (κ2) is 5.73. The van der Waals surface area contributed by atoms with Crippen LogP contribution in [0, 0.1) is 0 Å². The average molecular weight is 301 g/mol. The highest BCUT2D eigenvalue weighted by molar-refractivity contribution is 7.10. The van der Waals surface area contributed by atoms with Gasteiger partial charge in [0.2, 0.25) is 0 Å². The number of amides is 1. The van der Waals surface area contributed by atoms with Crippen LogP contribution in [0.4, 0.5) is 8.78 Å². The summed E-state index contributed by atoms with van der Waals surface area (Å²) in [6.45, 7) is 1.82.